The number of aryl methyl sites for hydroxylation is 1. The van der Waals surface area contributed by atoms with Crippen LogP contribution in [-0.2, 0) is 4.79 Å². The van der Waals surface area contributed by atoms with Gasteiger partial charge in [-0.15, -0.1) is 0 Å². The van der Waals surface area contributed by atoms with Crippen LogP contribution in [-0.4, -0.2) is 27.9 Å². The molecule has 1 unspecified atom stereocenters. The average Bonchev–Trinajstić information content (AvgIpc) is 3.16. The molecule has 1 amide bonds. The number of aromatic nitrogens is 1. The molecule has 1 aromatic heterocycles. The van der Waals surface area contributed by atoms with Gasteiger partial charge in [0.2, 0.25) is 5.91 Å². The molecule has 8 heteroatoms. The lowest BCUT2D eigenvalue weighted by Gasteiger charge is -2.14. The summed E-state index contributed by atoms with van der Waals surface area (Å²) >= 11 is 0. The van der Waals surface area contributed by atoms with Crippen LogP contribution in [0.2, 0.25) is 0 Å². The lowest BCUT2D eigenvalue weighted by atomic mass is 9.89. The third-order valence-electron chi connectivity index (χ3n) is 6.00. The average molecular weight is 469 g/mol. The quantitative estimate of drug-likeness (QED) is 0.430. The fraction of sp³-hybridized carbons (Fsp3) is 0.111. The van der Waals surface area contributed by atoms with E-state index in [2.05, 4.69) is 5.16 Å². The molecule has 0 radical (unpaired) electrons. The molecule has 0 bridgehead atoms. The van der Waals surface area contributed by atoms with E-state index in [9.17, 15) is 19.1 Å². The third kappa shape index (κ3) is 4.10. The van der Waals surface area contributed by atoms with Crippen LogP contribution in [0.15, 0.2) is 76.2 Å². The Balaban J connectivity index is 1.75. The number of primary amides is 1. The first-order valence-corrected chi connectivity index (χ1v) is 10.9. The van der Waals surface area contributed by atoms with Crippen molar-refractivity contribution in [3.63, 3.8) is 0 Å². The van der Waals surface area contributed by atoms with Crippen LogP contribution in [0.5, 0.6) is 0 Å². The van der Waals surface area contributed by atoms with Gasteiger partial charge in [0.05, 0.1) is 29.0 Å². The minimum absolute atomic E-state index is 0.0795. The molecular formula is C27H20FN3O4. The predicted octanol–water partition coefficient (Wildman–Crippen LogP) is 4.92. The molecule has 4 aromatic rings. The van der Waals surface area contributed by atoms with Gasteiger partial charge in [0.1, 0.15) is 11.9 Å². The lowest BCUT2D eigenvalue weighted by Crippen LogP contribution is -2.15. The van der Waals surface area contributed by atoms with Crippen LogP contribution in [0.25, 0.3) is 22.3 Å². The fourth-order valence-electron chi connectivity index (χ4n) is 4.34. The molecule has 0 aliphatic carbocycles. The maximum Gasteiger partial charge on any atom is 0.335 e. The van der Waals surface area contributed by atoms with E-state index in [0.717, 1.165) is 27.8 Å². The number of amides is 1. The third-order valence-corrected chi connectivity index (χ3v) is 6.00. The van der Waals surface area contributed by atoms with Gasteiger partial charge in [-0.25, -0.2) is 9.18 Å². The summed E-state index contributed by atoms with van der Waals surface area (Å²) in [5.74, 6) is -1.48. The van der Waals surface area contributed by atoms with Crippen molar-refractivity contribution < 1.29 is 23.6 Å². The summed E-state index contributed by atoms with van der Waals surface area (Å²) in [4.78, 5) is 28.0. The van der Waals surface area contributed by atoms with E-state index >= 15 is 0 Å². The van der Waals surface area contributed by atoms with Crippen LogP contribution < -0.4 is 5.73 Å². The van der Waals surface area contributed by atoms with Crippen molar-refractivity contribution in [1.29, 1.82) is 0 Å². The summed E-state index contributed by atoms with van der Waals surface area (Å²) < 4.78 is 19.3. The van der Waals surface area contributed by atoms with Gasteiger partial charge < -0.3 is 15.4 Å². The van der Waals surface area contributed by atoms with Gasteiger partial charge in [0.15, 0.2) is 5.76 Å². The zero-order valence-electron chi connectivity index (χ0n) is 18.7. The summed E-state index contributed by atoms with van der Waals surface area (Å²) in [7, 11) is 0. The summed E-state index contributed by atoms with van der Waals surface area (Å²) in [5, 5.41) is 13.3. The number of hydrogen-bond acceptors (Lipinski definition) is 5. The lowest BCUT2D eigenvalue weighted by molar-refractivity contribution is -0.118. The molecule has 1 atom stereocenters. The molecule has 35 heavy (non-hydrogen) atoms. The predicted molar refractivity (Wildman–Crippen MR) is 128 cm³/mol. The number of hydrogen-bond donors (Lipinski definition) is 2. The monoisotopic (exact) mass is 469 g/mol. The Labute approximate surface area is 199 Å². The molecular weight excluding hydrogens is 449 g/mol. The highest BCUT2D eigenvalue weighted by Crippen LogP contribution is 2.42. The zero-order chi connectivity index (χ0) is 24.7. The number of rotatable bonds is 5. The van der Waals surface area contributed by atoms with Crippen LogP contribution in [0, 0.1) is 12.7 Å². The maximum absolute atomic E-state index is 13.7. The second-order valence-corrected chi connectivity index (χ2v) is 8.32. The van der Waals surface area contributed by atoms with Crippen molar-refractivity contribution in [1.82, 2.24) is 5.16 Å². The van der Waals surface area contributed by atoms with Crippen molar-refractivity contribution >= 4 is 17.6 Å². The summed E-state index contributed by atoms with van der Waals surface area (Å²) in [5.41, 5.74) is 11.5. The van der Waals surface area contributed by atoms with Gasteiger partial charge in [-0.05, 0) is 66.1 Å². The number of carboxylic acids is 1. The molecule has 0 spiro atoms. The molecule has 1 aliphatic heterocycles. The van der Waals surface area contributed by atoms with E-state index in [1.807, 2.05) is 25.1 Å². The standard InChI is InChI=1S/C27H20FN3O4/c1-14-24-20-11-8-18(15-2-4-17(5-3-15)27(33)34)12-21(20)25(16-6-9-19(28)10-7-16)30-22(13-23(29)32)26(24)35-31-14/h2-12,22H,13H2,1H3,(H2,29,32)(H,33,34). The number of nitrogens with zero attached hydrogens (tertiary/aromatic N) is 2. The number of carboxylic acid groups (broad SMARTS) is 1. The number of fused-ring (bicyclic) bond motifs is 3. The van der Waals surface area contributed by atoms with Crippen LogP contribution in [0.3, 0.4) is 0 Å². The van der Waals surface area contributed by atoms with Gasteiger partial charge in [-0.2, -0.15) is 0 Å². The molecule has 7 nitrogen and oxygen atoms in total. The van der Waals surface area contributed by atoms with Crippen LogP contribution in [0.1, 0.15) is 45.4 Å². The topological polar surface area (TPSA) is 119 Å². The number of carbonyl (C=O) groups excluding carboxylic acids is 1. The van der Waals surface area contributed by atoms with Crippen molar-refractivity contribution in [2.75, 3.05) is 0 Å². The van der Waals surface area contributed by atoms with Gasteiger partial charge in [0.25, 0.3) is 0 Å². The molecule has 3 N–H and O–H groups in total. The van der Waals surface area contributed by atoms with E-state index in [0.29, 0.717) is 22.7 Å². The molecule has 0 saturated heterocycles. The Morgan fingerprint density at radius 2 is 1.63 bits per heavy atom. The van der Waals surface area contributed by atoms with E-state index in [1.165, 1.54) is 12.1 Å². The number of benzene rings is 3. The Morgan fingerprint density at radius 3 is 2.29 bits per heavy atom. The van der Waals surface area contributed by atoms with Crippen molar-refractivity contribution in [3.8, 4) is 22.3 Å². The second-order valence-electron chi connectivity index (χ2n) is 8.32. The SMILES string of the molecule is Cc1noc2c1-c1ccc(-c3ccc(C(=O)O)cc3)cc1C(c1ccc(F)cc1)=NC2CC(N)=O. The highest BCUT2D eigenvalue weighted by Gasteiger charge is 2.31. The van der Waals surface area contributed by atoms with Gasteiger partial charge in [-0.1, -0.05) is 29.4 Å². The minimum atomic E-state index is -1.000. The highest BCUT2D eigenvalue weighted by molar-refractivity contribution is 6.17. The van der Waals surface area contributed by atoms with Crippen molar-refractivity contribution in [2.45, 2.75) is 19.4 Å². The van der Waals surface area contributed by atoms with Crippen LogP contribution >= 0.6 is 0 Å². The number of carbonyl (C=O) groups is 2. The van der Waals surface area contributed by atoms with Crippen molar-refractivity contribution in [2.24, 2.45) is 10.7 Å². The first-order valence-electron chi connectivity index (χ1n) is 10.9. The van der Waals surface area contributed by atoms with Gasteiger partial charge in [0, 0.05) is 11.1 Å². The fourth-order valence-corrected chi connectivity index (χ4v) is 4.34. The summed E-state index contributed by atoms with van der Waals surface area (Å²) in [6.07, 6.45) is -0.0795. The van der Waals surface area contributed by atoms with E-state index in [4.69, 9.17) is 15.2 Å². The van der Waals surface area contributed by atoms with E-state index in [1.54, 1.807) is 36.4 Å². The maximum atomic E-state index is 13.7. The Morgan fingerprint density at radius 1 is 0.971 bits per heavy atom. The van der Waals surface area contributed by atoms with E-state index < -0.39 is 17.9 Å². The second kappa shape index (κ2) is 8.64. The Kier molecular flexibility index (Phi) is 5.49. The first kappa shape index (κ1) is 22.2. The molecule has 3 aromatic carbocycles. The number of aliphatic imine (C=N–C) groups is 1. The van der Waals surface area contributed by atoms with E-state index in [-0.39, 0.29) is 17.8 Å². The Hall–Kier alpha value is -4.59. The molecule has 2 heterocycles. The smallest absolute Gasteiger partial charge is 0.335 e. The van der Waals surface area contributed by atoms with Gasteiger partial charge in [-0.3, -0.25) is 9.79 Å². The summed E-state index contributed by atoms with van der Waals surface area (Å²) in [6, 6.07) is 17.6. The summed E-state index contributed by atoms with van der Waals surface area (Å²) in [6.45, 7) is 1.81. The normalized spacial score (nSPS) is 14.5. The van der Waals surface area contributed by atoms with Crippen LogP contribution in [0.4, 0.5) is 4.39 Å². The number of aromatic carboxylic acids is 1. The van der Waals surface area contributed by atoms with Gasteiger partial charge >= 0.3 is 5.97 Å². The number of halogens is 1. The molecule has 0 saturated carbocycles. The Bertz CT molecular complexity index is 1490. The van der Waals surface area contributed by atoms with Crippen molar-refractivity contribution in [3.05, 3.63) is 101 Å². The molecule has 0 fully saturated rings. The minimum Gasteiger partial charge on any atom is -0.478 e. The molecule has 1 aliphatic rings. The molecule has 5 rings (SSSR count). The highest BCUT2D eigenvalue weighted by atomic mass is 19.1. The zero-order valence-corrected chi connectivity index (χ0v) is 18.7. The molecule has 174 valence electrons. The largest absolute Gasteiger partial charge is 0.478 e. The number of nitrogens with two attached hydrogens (primary N) is 1. The first-order chi connectivity index (χ1) is 16.8.